The molecule has 0 aliphatic carbocycles. The first-order chi connectivity index (χ1) is 11.3. The zero-order valence-corrected chi connectivity index (χ0v) is 12.8. The maximum Gasteiger partial charge on any atom is 0.242 e. The number of nitrogens with zero attached hydrogens (tertiary/aromatic N) is 3. The van der Waals surface area contributed by atoms with E-state index >= 15 is 0 Å². The van der Waals surface area contributed by atoms with Crippen molar-refractivity contribution in [3.8, 4) is 11.3 Å². The van der Waals surface area contributed by atoms with Crippen molar-refractivity contribution in [2.75, 3.05) is 18.5 Å². The predicted molar refractivity (Wildman–Crippen MR) is 89.3 cm³/mol. The first-order valence-electron chi connectivity index (χ1n) is 7.15. The average molecular weight is 328 g/mol. The van der Waals surface area contributed by atoms with Gasteiger partial charge in [0.25, 0.3) is 0 Å². The number of nitrogens with one attached hydrogen (secondary N) is 1. The van der Waals surface area contributed by atoms with E-state index in [1.807, 2.05) is 42.5 Å². The van der Waals surface area contributed by atoms with Gasteiger partial charge in [0.05, 0.1) is 6.61 Å². The summed E-state index contributed by atoms with van der Waals surface area (Å²) in [6.45, 7) is 0.401. The van der Waals surface area contributed by atoms with Crippen LogP contribution in [0.5, 0.6) is 0 Å². The Bertz CT molecular complexity index is 994. The van der Waals surface area contributed by atoms with Gasteiger partial charge in [0, 0.05) is 12.1 Å². The van der Waals surface area contributed by atoms with Crippen molar-refractivity contribution in [3.63, 3.8) is 0 Å². The van der Waals surface area contributed by atoms with Crippen molar-refractivity contribution < 1.29 is 9.50 Å². The summed E-state index contributed by atoms with van der Waals surface area (Å²) in [5, 5.41) is 18.9. The molecule has 2 N–H and O–H groups in total. The number of anilines is 1. The molecule has 5 nitrogen and oxygen atoms in total. The number of halogens is 1. The molecular formula is C16H13FN4OS. The lowest BCUT2D eigenvalue weighted by Gasteiger charge is -2.03. The van der Waals surface area contributed by atoms with E-state index in [-0.39, 0.29) is 6.61 Å². The van der Waals surface area contributed by atoms with Gasteiger partial charge >= 0.3 is 0 Å². The highest BCUT2D eigenvalue weighted by Gasteiger charge is 2.18. The van der Waals surface area contributed by atoms with Gasteiger partial charge in [0.15, 0.2) is 0 Å². The maximum absolute atomic E-state index is 14.3. The first-order valence-corrected chi connectivity index (χ1v) is 7.97. The molecule has 0 aliphatic rings. The van der Waals surface area contributed by atoms with Crippen molar-refractivity contribution in [2.45, 2.75) is 0 Å². The topological polar surface area (TPSA) is 62.5 Å². The van der Waals surface area contributed by atoms with Crippen LogP contribution < -0.4 is 5.32 Å². The molecule has 0 atom stereocenters. The number of aromatic nitrogens is 3. The van der Waals surface area contributed by atoms with Gasteiger partial charge in [-0.05, 0) is 16.8 Å². The van der Waals surface area contributed by atoms with E-state index in [0.29, 0.717) is 22.3 Å². The molecule has 4 aromatic rings. The first kappa shape index (κ1) is 14.1. The second-order valence-corrected chi connectivity index (χ2v) is 6.02. The Kier molecular flexibility index (Phi) is 3.44. The fourth-order valence-electron chi connectivity index (χ4n) is 2.54. The molecule has 0 amide bonds. The SMILES string of the molecule is OCCNc1nn2c(-c3ccc4ccccc4c3)c(F)nc2s1. The van der Waals surface area contributed by atoms with Gasteiger partial charge in [-0.1, -0.05) is 47.7 Å². The highest BCUT2D eigenvalue weighted by atomic mass is 32.1. The van der Waals surface area contributed by atoms with E-state index in [9.17, 15) is 4.39 Å². The van der Waals surface area contributed by atoms with Crippen LogP contribution in [0.15, 0.2) is 42.5 Å². The van der Waals surface area contributed by atoms with Crippen LogP contribution in [-0.4, -0.2) is 32.9 Å². The molecule has 0 bridgehead atoms. The summed E-state index contributed by atoms with van der Waals surface area (Å²) < 4.78 is 15.8. The Morgan fingerprint density at radius 1 is 1.17 bits per heavy atom. The summed E-state index contributed by atoms with van der Waals surface area (Å²) in [4.78, 5) is 4.43. The third-order valence-corrected chi connectivity index (χ3v) is 4.44. The highest BCUT2D eigenvalue weighted by Crippen LogP contribution is 2.30. The number of aliphatic hydroxyl groups is 1. The van der Waals surface area contributed by atoms with Crippen LogP contribution >= 0.6 is 11.3 Å². The molecule has 0 aliphatic heterocycles. The van der Waals surface area contributed by atoms with E-state index in [2.05, 4.69) is 15.4 Å². The number of hydrogen-bond donors (Lipinski definition) is 2. The largest absolute Gasteiger partial charge is 0.395 e. The van der Waals surface area contributed by atoms with Gasteiger partial charge < -0.3 is 10.4 Å². The van der Waals surface area contributed by atoms with Crippen molar-refractivity contribution in [1.29, 1.82) is 0 Å². The van der Waals surface area contributed by atoms with Crippen LogP contribution in [0.1, 0.15) is 0 Å². The minimum absolute atomic E-state index is 0.00773. The Balaban J connectivity index is 1.85. The number of imidazole rings is 1. The second kappa shape index (κ2) is 5.60. The minimum Gasteiger partial charge on any atom is -0.395 e. The lowest BCUT2D eigenvalue weighted by atomic mass is 10.1. The molecule has 7 heteroatoms. The fourth-order valence-corrected chi connectivity index (χ4v) is 3.35. The molecule has 116 valence electrons. The summed E-state index contributed by atoms with van der Waals surface area (Å²) >= 11 is 1.25. The van der Waals surface area contributed by atoms with Gasteiger partial charge in [-0.15, -0.1) is 5.10 Å². The van der Waals surface area contributed by atoms with E-state index in [1.54, 1.807) is 0 Å². The zero-order chi connectivity index (χ0) is 15.8. The van der Waals surface area contributed by atoms with E-state index in [1.165, 1.54) is 15.9 Å². The zero-order valence-electron chi connectivity index (χ0n) is 12.0. The summed E-state index contributed by atoms with van der Waals surface area (Å²) in [6, 6.07) is 13.7. The molecular weight excluding hydrogens is 315 g/mol. The lowest BCUT2D eigenvalue weighted by Crippen LogP contribution is -2.05. The predicted octanol–water partition coefficient (Wildman–Crippen LogP) is 3.15. The van der Waals surface area contributed by atoms with Crippen molar-refractivity contribution in [2.24, 2.45) is 0 Å². The van der Waals surface area contributed by atoms with Crippen molar-refractivity contribution in [3.05, 3.63) is 48.4 Å². The van der Waals surface area contributed by atoms with Crippen molar-refractivity contribution in [1.82, 2.24) is 14.6 Å². The molecule has 0 unspecified atom stereocenters. The number of benzene rings is 2. The monoisotopic (exact) mass is 328 g/mol. The highest BCUT2D eigenvalue weighted by molar-refractivity contribution is 7.20. The Morgan fingerprint density at radius 2 is 2.00 bits per heavy atom. The number of rotatable bonds is 4. The standard InChI is InChI=1S/C16H13FN4OS/c17-14-13(12-6-5-10-3-1-2-4-11(10)9-12)21-16(19-14)23-15(20-21)18-7-8-22/h1-6,9,22H,7-8H2,(H,18,20). The molecule has 2 heterocycles. The molecule has 0 spiro atoms. The molecule has 2 aromatic carbocycles. The second-order valence-electron chi connectivity index (χ2n) is 5.07. The molecule has 2 aromatic heterocycles. The molecule has 0 fully saturated rings. The van der Waals surface area contributed by atoms with E-state index in [4.69, 9.17) is 5.11 Å². The van der Waals surface area contributed by atoms with Gasteiger partial charge in [0.1, 0.15) is 5.69 Å². The molecule has 23 heavy (non-hydrogen) atoms. The number of hydrogen-bond acceptors (Lipinski definition) is 5. The number of fused-ring (bicyclic) bond motifs is 2. The Hall–Kier alpha value is -2.51. The Morgan fingerprint density at radius 3 is 2.83 bits per heavy atom. The molecule has 0 saturated carbocycles. The van der Waals surface area contributed by atoms with E-state index in [0.717, 1.165) is 16.3 Å². The van der Waals surface area contributed by atoms with Crippen LogP contribution in [0.2, 0.25) is 0 Å². The maximum atomic E-state index is 14.3. The fraction of sp³-hybridized carbons (Fsp3) is 0.125. The van der Waals surface area contributed by atoms with Crippen LogP contribution in [0, 0.1) is 5.95 Å². The minimum atomic E-state index is -0.535. The quantitative estimate of drug-likeness (QED) is 0.604. The summed E-state index contributed by atoms with van der Waals surface area (Å²) in [7, 11) is 0. The van der Waals surface area contributed by atoms with Gasteiger partial charge in [-0.3, -0.25) is 0 Å². The summed E-state index contributed by atoms with van der Waals surface area (Å²) in [6.07, 6.45) is 0. The third kappa shape index (κ3) is 2.43. The van der Waals surface area contributed by atoms with Crippen LogP contribution in [0.25, 0.3) is 27.0 Å². The van der Waals surface area contributed by atoms with Crippen LogP contribution in [0.4, 0.5) is 9.52 Å². The van der Waals surface area contributed by atoms with Gasteiger partial charge in [-0.25, -0.2) is 0 Å². The summed E-state index contributed by atoms with van der Waals surface area (Å²) in [5.41, 5.74) is 1.08. The van der Waals surface area contributed by atoms with Crippen molar-refractivity contribution >= 4 is 32.2 Å². The van der Waals surface area contributed by atoms with Crippen LogP contribution in [-0.2, 0) is 0 Å². The van der Waals surface area contributed by atoms with Gasteiger partial charge in [-0.2, -0.15) is 13.9 Å². The molecule has 0 saturated heterocycles. The average Bonchev–Trinajstić information content (AvgIpc) is 3.08. The van der Waals surface area contributed by atoms with E-state index < -0.39 is 5.95 Å². The third-order valence-electron chi connectivity index (χ3n) is 3.57. The molecule has 0 radical (unpaired) electrons. The smallest absolute Gasteiger partial charge is 0.242 e. The van der Waals surface area contributed by atoms with Gasteiger partial charge in [0.2, 0.25) is 16.0 Å². The molecule has 4 rings (SSSR count). The van der Waals surface area contributed by atoms with Crippen LogP contribution in [0.3, 0.4) is 0 Å². The number of aliphatic hydroxyl groups excluding tert-OH is 1. The normalized spacial score (nSPS) is 11.4. The summed E-state index contributed by atoms with van der Waals surface area (Å²) in [5.74, 6) is -0.535. The Labute approximate surface area is 135 Å². The lowest BCUT2D eigenvalue weighted by molar-refractivity contribution is 0.311.